The van der Waals surface area contributed by atoms with E-state index in [0.717, 1.165) is 48.2 Å². The molecule has 0 bridgehead atoms. The van der Waals surface area contributed by atoms with Crippen LogP contribution in [0, 0.1) is 48.4 Å². The minimum atomic E-state index is -0.0879. The van der Waals surface area contributed by atoms with Crippen molar-refractivity contribution in [1.82, 2.24) is 5.32 Å². The first kappa shape index (κ1) is 48.6. The molecule has 0 amide bonds. The maximum atomic E-state index is 5.49. The highest BCUT2D eigenvalue weighted by Crippen LogP contribution is 2.45. The normalized spacial score (nSPS) is 16.5. The zero-order valence-electron chi connectivity index (χ0n) is 37.4. The molecule has 2 aliphatic carbocycles. The summed E-state index contributed by atoms with van der Waals surface area (Å²) in [6.07, 6.45) is 18.0. The zero-order valence-corrected chi connectivity index (χ0v) is 37.4. The van der Waals surface area contributed by atoms with E-state index in [9.17, 15) is 0 Å². The van der Waals surface area contributed by atoms with E-state index in [-0.39, 0.29) is 10.8 Å². The van der Waals surface area contributed by atoms with E-state index in [4.69, 9.17) is 5.73 Å². The number of hydrogen-bond acceptors (Lipinski definition) is 3. The molecule has 0 saturated heterocycles. The number of rotatable bonds is 10. The molecule has 2 unspecified atom stereocenters. The van der Waals surface area contributed by atoms with Crippen LogP contribution in [0.15, 0.2) is 121 Å². The molecular weight excluding hydrogens is 667 g/mol. The third kappa shape index (κ3) is 15.3. The maximum absolute atomic E-state index is 5.49. The largest absolute Gasteiger partial charge is 0.399 e. The van der Waals surface area contributed by atoms with Crippen molar-refractivity contribution in [2.45, 2.75) is 121 Å². The van der Waals surface area contributed by atoms with Gasteiger partial charge in [0.1, 0.15) is 0 Å². The summed E-state index contributed by atoms with van der Waals surface area (Å²) in [5.41, 5.74) is 16.9. The Kier molecular flexibility index (Phi) is 20.2. The van der Waals surface area contributed by atoms with E-state index in [1.165, 1.54) is 34.4 Å². The highest BCUT2D eigenvalue weighted by Gasteiger charge is 2.40. The van der Waals surface area contributed by atoms with Crippen LogP contribution in [0.4, 0.5) is 5.69 Å². The molecule has 300 valence electrons. The SMILES string of the molecule is C=C(C)C(C)CNC(=C)C(C)(C)C(C)(C)c1ccc(NC)c(C)c1.C=C(N)c1cccc(C)c1.CC(C)C1(C)C=CC(C#CC2=CCCC=C2)=CC1.CCC. The Labute approximate surface area is 339 Å². The summed E-state index contributed by atoms with van der Waals surface area (Å²) in [4.78, 5) is 0. The molecule has 2 aromatic carbocycles. The van der Waals surface area contributed by atoms with Gasteiger partial charge in [-0.2, -0.15) is 0 Å². The van der Waals surface area contributed by atoms with E-state index in [2.05, 4.69) is 180 Å². The molecule has 0 aromatic heterocycles. The molecule has 3 heteroatoms. The second kappa shape index (κ2) is 22.8. The van der Waals surface area contributed by atoms with E-state index < -0.39 is 0 Å². The van der Waals surface area contributed by atoms with Gasteiger partial charge in [0, 0.05) is 52.7 Å². The van der Waals surface area contributed by atoms with Gasteiger partial charge in [0.2, 0.25) is 0 Å². The molecule has 0 spiro atoms. The Balaban J connectivity index is 0.000000426. The molecule has 2 aliphatic rings. The number of anilines is 1. The molecule has 4 N–H and O–H groups in total. The van der Waals surface area contributed by atoms with Crippen LogP contribution in [0.2, 0.25) is 0 Å². The van der Waals surface area contributed by atoms with E-state index in [0.29, 0.717) is 22.9 Å². The number of nitrogens with one attached hydrogen (secondary N) is 2. The third-order valence-electron chi connectivity index (χ3n) is 11.5. The van der Waals surface area contributed by atoms with Crippen LogP contribution >= 0.6 is 0 Å². The topological polar surface area (TPSA) is 50.1 Å². The average Bonchev–Trinajstić information content (AvgIpc) is 3.14. The zero-order chi connectivity index (χ0) is 42.0. The van der Waals surface area contributed by atoms with Crippen LogP contribution in [-0.2, 0) is 5.41 Å². The van der Waals surface area contributed by atoms with Crippen molar-refractivity contribution >= 4 is 11.4 Å². The van der Waals surface area contributed by atoms with Gasteiger partial charge >= 0.3 is 0 Å². The number of aryl methyl sites for hydroxylation is 2. The Morgan fingerprint density at radius 1 is 0.909 bits per heavy atom. The van der Waals surface area contributed by atoms with Gasteiger partial charge in [-0.15, -0.1) is 0 Å². The lowest BCUT2D eigenvalue weighted by Crippen LogP contribution is -2.42. The fraction of sp³-hybridized carbons (Fsp3) is 0.462. The van der Waals surface area contributed by atoms with Crippen molar-refractivity contribution in [1.29, 1.82) is 0 Å². The lowest BCUT2D eigenvalue weighted by Gasteiger charge is -2.44. The Hall–Kier alpha value is -4.42. The summed E-state index contributed by atoms with van der Waals surface area (Å²) in [5.74, 6) is 7.64. The average molecular weight is 744 g/mol. The van der Waals surface area contributed by atoms with Crippen LogP contribution in [-0.4, -0.2) is 13.6 Å². The standard InChI is InChI=1S/C22H36N2.C18H22.C9H11N.C3H8/c1-15(2)17(4)14-24-18(5)21(6,7)22(8,9)19-11-12-20(23-10)16(3)13-19;1-15(2)18(3)13-11-17(12-14-18)10-9-16-7-5-4-6-8-16;1-7-4-3-5-9(6-7)8(2)10;1-3-2/h11-13,17,23-24H,1,5,14H2,2-4,6-10H3;5,7-8,11-13,15H,4,6,14H2,1-3H3;3-6H,2,10H2,1H3;3H2,1-2H3. The first-order chi connectivity index (χ1) is 25.7. The molecule has 55 heavy (non-hydrogen) atoms. The molecule has 4 rings (SSSR count). The van der Waals surface area contributed by atoms with Gasteiger partial charge in [-0.3, -0.25) is 0 Å². The number of hydrogen-bond donors (Lipinski definition) is 3. The van der Waals surface area contributed by atoms with Gasteiger partial charge in [0.25, 0.3) is 0 Å². The quantitative estimate of drug-likeness (QED) is 0.168. The van der Waals surface area contributed by atoms with Gasteiger partial charge in [0.05, 0.1) is 0 Å². The summed E-state index contributed by atoms with van der Waals surface area (Å²) in [6.45, 7) is 41.7. The van der Waals surface area contributed by atoms with Crippen LogP contribution < -0.4 is 16.4 Å². The number of nitrogens with two attached hydrogens (primary N) is 1. The van der Waals surface area contributed by atoms with Crippen molar-refractivity contribution in [3.63, 3.8) is 0 Å². The molecule has 0 heterocycles. The van der Waals surface area contributed by atoms with Crippen molar-refractivity contribution in [2.24, 2.45) is 28.4 Å². The molecule has 2 atom stereocenters. The summed E-state index contributed by atoms with van der Waals surface area (Å²) in [5, 5.41) is 6.79. The molecule has 0 fully saturated rings. The van der Waals surface area contributed by atoms with Crippen LogP contribution in [0.1, 0.15) is 124 Å². The highest BCUT2D eigenvalue weighted by molar-refractivity contribution is 5.60. The van der Waals surface area contributed by atoms with Crippen LogP contribution in [0.3, 0.4) is 0 Å². The van der Waals surface area contributed by atoms with Gasteiger partial charge in [-0.25, -0.2) is 0 Å². The lowest BCUT2D eigenvalue weighted by molar-refractivity contribution is 0.234. The predicted molar refractivity (Wildman–Crippen MR) is 248 cm³/mol. The first-order valence-electron chi connectivity index (χ1n) is 20.3. The summed E-state index contributed by atoms with van der Waals surface area (Å²) >= 11 is 0. The Bertz CT molecular complexity index is 1760. The molecule has 0 saturated carbocycles. The van der Waals surface area contributed by atoms with E-state index in [1.54, 1.807) is 0 Å². The van der Waals surface area contributed by atoms with Gasteiger partial charge < -0.3 is 16.4 Å². The second-order valence-corrected chi connectivity index (χ2v) is 17.0. The summed E-state index contributed by atoms with van der Waals surface area (Å²) in [6, 6.07) is 14.7. The fourth-order valence-electron chi connectivity index (χ4n) is 5.70. The van der Waals surface area contributed by atoms with Crippen molar-refractivity contribution in [3.8, 4) is 11.8 Å². The summed E-state index contributed by atoms with van der Waals surface area (Å²) < 4.78 is 0. The fourth-order valence-corrected chi connectivity index (χ4v) is 5.70. The predicted octanol–water partition coefficient (Wildman–Crippen LogP) is 13.8. The van der Waals surface area contributed by atoms with Crippen LogP contribution in [0.5, 0.6) is 0 Å². The minimum absolute atomic E-state index is 0.0411. The van der Waals surface area contributed by atoms with E-state index >= 15 is 0 Å². The third-order valence-corrected chi connectivity index (χ3v) is 11.5. The molecule has 3 nitrogen and oxygen atoms in total. The molecule has 0 aliphatic heterocycles. The van der Waals surface area contributed by atoms with Gasteiger partial charge in [-0.05, 0) is 86.1 Å². The molecule has 0 radical (unpaired) electrons. The Morgan fingerprint density at radius 3 is 1.96 bits per heavy atom. The smallest absolute Gasteiger partial charge is 0.0367 e. The lowest BCUT2D eigenvalue weighted by atomic mass is 9.62. The Morgan fingerprint density at radius 2 is 1.53 bits per heavy atom. The minimum Gasteiger partial charge on any atom is -0.399 e. The highest BCUT2D eigenvalue weighted by atomic mass is 14.9. The van der Waals surface area contributed by atoms with Crippen molar-refractivity contribution in [2.75, 3.05) is 18.9 Å². The monoisotopic (exact) mass is 744 g/mol. The van der Waals surface area contributed by atoms with Gasteiger partial charge in [0.15, 0.2) is 0 Å². The number of benzene rings is 2. The van der Waals surface area contributed by atoms with Crippen molar-refractivity contribution in [3.05, 3.63) is 143 Å². The molecular formula is C52H77N3. The van der Waals surface area contributed by atoms with E-state index in [1.807, 2.05) is 38.2 Å². The second-order valence-electron chi connectivity index (χ2n) is 17.0. The van der Waals surface area contributed by atoms with Crippen molar-refractivity contribution < 1.29 is 0 Å². The first-order valence-corrected chi connectivity index (χ1v) is 20.3. The number of allylic oxidation sites excluding steroid dienone is 9. The molecule has 2 aromatic rings. The van der Waals surface area contributed by atoms with Crippen LogP contribution in [0.25, 0.3) is 5.70 Å². The van der Waals surface area contributed by atoms with Gasteiger partial charge in [-0.1, -0.05) is 185 Å². The maximum Gasteiger partial charge on any atom is 0.0367 e. The summed E-state index contributed by atoms with van der Waals surface area (Å²) in [7, 11) is 1.96.